The predicted octanol–water partition coefficient (Wildman–Crippen LogP) is 3.13. The van der Waals surface area contributed by atoms with Gasteiger partial charge in [0, 0.05) is 24.3 Å². The molecule has 0 aliphatic carbocycles. The molecule has 144 valence electrons. The first-order valence-corrected chi connectivity index (χ1v) is 10.2. The Morgan fingerprint density at radius 2 is 2.00 bits per heavy atom. The highest BCUT2D eigenvalue weighted by Crippen LogP contribution is 2.25. The lowest BCUT2D eigenvalue weighted by Gasteiger charge is -2.23. The maximum Gasteiger partial charge on any atom is 0.253 e. The number of aromatic nitrogens is 2. The van der Waals surface area contributed by atoms with E-state index in [4.69, 9.17) is 0 Å². The van der Waals surface area contributed by atoms with E-state index in [-0.39, 0.29) is 5.91 Å². The van der Waals surface area contributed by atoms with E-state index in [1.54, 1.807) is 0 Å². The van der Waals surface area contributed by atoms with Gasteiger partial charge in [0.05, 0.1) is 11.7 Å². The fourth-order valence-corrected chi connectivity index (χ4v) is 4.57. The molecule has 2 aliphatic rings. The van der Waals surface area contributed by atoms with Crippen molar-refractivity contribution in [3.63, 3.8) is 0 Å². The summed E-state index contributed by atoms with van der Waals surface area (Å²) in [5.74, 6) is 0.894. The predicted molar refractivity (Wildman–Crippen MR) is 107 cm³/mol. The van der Waals surface area contributed by atoms with Crippen LogP contribution < -0.4 is 5.32 Å². The number of rotatable bonds is 4. The number of piperidine rings is 1. The third kappa shape index (κ3) is 4.08. The minimum absolute atomic E-state index is 0.159. The monoisotopic (exact) mass is 366 g/mol. The van der Waals surface area contributed by atoms with Crippen molar-refractivity contribution >= 4 is 5.91 Å². The van der Waals surface area contributed by atoms with Gasteiger partial charge in [0.25, 0.3) is 5.91 Å². The summed E-state index contributed by atoms with van der Waals surface area (Å²) in [7, 11) is 0. The standard InChI is InChI=1S/C22H30N4O/c1-16-12-17(2)26(24-16)21-8-11-25(15-21)22(27)20-5-3-4-19(14-20)13-18-6-9-23-10-7-18/h3-5,12,14,18,21,23H,6-11,13,15H2,1-2H3/t21-/m0/s1. The van der Waals surface area contributed by atoms with Crippen molar-refractivity contribution in [1.29, 1.82) is 0 Å². The number of aryl methyl sites for hydroxylation is 2. The third-order valence-electron chi connectivity index (χ3n) is 6.00. The molecule has 2 aliphatic heterocycles. The molecule has 0 unspecified atom stereocenters. The Labute approximate surface area is 161 Å². The van der Waals surface area contributed by atoms with Gasteiger partial charge in [0.2, 0.25) is 0 Å². The molecule has 4 rings (SSSR count). The van der Waals surface area contributed by atoms with Crippen LogP contribution in [0, 0.1) is 19.8 Å². The van der Waals surface area contributed by atoms with Crippen LogP contribution in [-0.4, -0.2) is 46.8 Å². The molecule has 2 saturated heterocycles. The van der Waals surface area contributed by atoms with Crippen LogP contribution in [0.15, 0.2) is 30.3 Å². The Morgan fingerprint density at radius 3 is 2.74 bits per heavy atom. The van der Waals surface area contributed by atoms with E-state index in [1.165, 1.54) is 24.1 Å². The average molecular weight is 367 g/mol. The molecule has 0 radical (unpaired) electrons. The van der Waals surface area contributed by atoms with Crippen LogP contribution in [0.2, 0.25) is 0 Å². The van der Waals surface area contributed by atoms with Crippen molar-refractivity contribution in [3.8, 4) is 0 Å². The summed E-state index contributed by atoms with van der Waals surface area (Å²) in [4.78, 5) is 15.0. The Bertz CT molecular complexity index is 806. The number of benzene rings is 1. The maximum atomic E-state index is 13.0. The lowest BCUT2D eigenvalue weighted by molar-refractivity contribution is 0.0786. The Hall–Kier alpha value is -2.14. The molecule has 0 spiro atoms. The second kappa shape index (κ2) is 7.85. The highest BCUT2D eigenvalue weighted by atomic mass is 16.2. The number of amides is 1. The summed E-state index contributed by atoms with van der Waals surface area (Å²) >= 11 is 0. The van der Waals surface area contributed by atoms with Crippen LogP contribution in [0.25, 0.3) is 0 Å². The van der Waals surface area contributed by atoms with Crippen molar-refractivity contribution in [3.05, 3.63) is 52.8 Å². The molecule has 1 aromatic carbocycles. The largest absolute Gasteiger partial charge is 0.336 e. The van der Waals surface area contributed by atoms with Gasteiger partial charge in [0.1, 0.15) is 0 Å². The van der Waals surface area contributed by atoms with Gasteiger partial charge in [-0.05, 0) is 82.3 Å². The van der Waals surface area contributed by atoms with Gasteiger partial charge in [-0.15, -0.1) is 0 Å². The van der Waals surface area contributed by atoms with Crippen LogP contribution in [-0.2, 0) is 6.42 Å². The fraction of sp³-hybridized carbons (Fsp3) is 0.545. The summed E-state index contributed by atoms with van der Waals surface area (Å²) in [5, 5.41) is 8.03. The minimum atomic E-state index is 0.159. The number of hydrogen-bond donors (Lipinski definition) is 1. The number of hydrogen-bond acceptors (Lipinski definition) is 3. The lowest BCUT2D eigenvalue weighted by atomic mass is 9.90. The molecule has 27 heavy (non-hydrogen) atoms. The highest BCUT2D eigenvalue weighted by molar-refractivity contribution is 5.94. The molecule has 5 heteroatoms. The first kappa shape index (κ1) is 18.2. The molecule has 1 N–H and O–H groups in total. The molecular weight excluding hydrogens is 336 g/mol. The van der Waals surface area contributed by atoms with E-state index in [1.807, 2.05) is 24.0 Å². The van der Waals surface area contributed by atoms with Gasteiger partial charge in [-0.25, -0.2) is 0 Å². The maximum absolute atomic E-state index is 13.0. The zero-order valence-corrected chi connectivity index (χ0v) is 16.4. The molecule has 1 atom stereocenters. The molecule has 2 fully saturated rings. The van der Waals surface area contributed by atoms with E-state index in [2.05, 4.69) is 40.2 Å². The van der Waals surface area contributed by atoms with Crippen LogP contribution in [0.1, 0.15) is 52.6 Å². The van der Waals surface area contributed by atoms with Crippen LogP contribution in [0.5, 0.6) is 0 Å². The van der Waals surface area contributed by atoms with Gasteiger partial charge in [-0.2, -0.15) is 5.10 Å². The zero-order valence-electron chi connectivity index (χ0n) is 16.4. The van der Waals surface area contributed by atoms with E-state index < -0.39 is 0 Å². The number of nitrogens with one attached hydrogen (secondary N) is 1. The van der Waals surface area contributed by atoms with E-state index in [0.29, 0.717) is 6.04 Å². The van der Waals surface area contributed by atoms with Crippen molar-refractivity contribution < 1.29 is 4.79 Å². The molecule has 5 nitrogen and oxygen atoms in total. The highest BCUT2D eigenvalue weighted by Gasteiger charge is 2.29. The van der Waals surface area contributed by atoms with Crippen LogP contribution >= 0.6 is 0 Å². The number of carbonyl (C=O) groups is 1. The Kier molecular flexibility index (Phi) is 5.30. The van der Waals surface area contributed by atoms with E-state index in [9.17, 15) is 4.79 Å². The third-order valence-corrected chi connectivity index (χ3v) is 6.00. The Morgan fingerprint density at radius 1 is 1.19 bits per heavy atom. The van der Waals surface area contributed by atoms with Crippen molar-refractivity contribution in [2.75, 3.05) is 26.2 Å². The summed E-state index contributed by atoms with van der Waals surface area (Å²) in [6.45, 7) is 7.90. The average Bonchev–Trinajstić information content (AvgIpc) is 3.28. The smallest absolute Gasteiger partial charge is 0.253 e. The van der Waals surface area contributed by atoms with Crippen molar-refractivity contribution in [2.45, 2.75) is 45.6 Å². The first-order chi connectivity index (χ1) is 13.1. The normalized spacial score (nSPS) is 21.0. The Balaban J connectivity index is 1.42. The molecule has 0 bridgehead atoms. The molecular formula is C22H30N4O. The molecule has 3 heterocycles. The van der Waals surface area contributed by atoms with Gasteiger partial charge >= 0.3 is 0 Å². The van der Waals surface area contributed by atoms with Crippen molar-refractivity contribution in [2.24, 2.45) is 5.92 Å². The van der Waals surface area contributed by atoms with Crippen molar-refractivity contribution in [1.82, 2.24) is 20.0 Å². The van der Waals surface area contributed by atoms with Crippen LogP contribution in [0.3, 0.4) is 0 Å². The second-order valence-electron chi connectivity index (χ2n) is 8.16. The lowest BCUT2D eigenvalue weighted by Crippen LogP contribution is -2.30. The minimum Gasteiger partial charge on any atom is -0.336 e. The topological polar surface area (TPSA) is 50.2 Å². The summed E-state index contributed by atoms with van der Waals surface area (Å²) in [6, 6.07) is 10.7. The number of carbonyl (C=O) groups excluding carboxylic acids is 1. The molecule has 0 saturated carbocycles. The van der Waals surface area contributed by atoms with Gasteiger partial charge < -0.3 is 10.2 Å². The SMILES string of the molecule is Cc1cc(C)n([C@H]2CCN(C(=O)c3cccc(CC4CCNCC4)c3)C2)n1. The van der Waals surface area contributed by atoms with E-state index >= 15 is 0 Å². The molecule has 2 aromatic rings. The molecule has 1 aromatic heterocycles. The van der Waals surface area contributed by atoms with Gasteiger partial charge in [-0.3, -0.25) is 9.48 Å². The van der Waals surface area contributed by atoms with Gasteiger partial charge in [-0.1, -0.05) is 12.1 Å². The quantitative estimate of drug-likeness (QED) is 0.904. The summed E-state index contributed by atoms with van der Waals surface area (Å²) < 4.78 is 2.09. The fourth-order valence-electron chi connectivity index (χ4n) is 4.57. The number of nitrogens with zero attached hydrogens (tertiary/aromatic N) is 3. The first-order valence-electron chi connectivity index (χ1n) is 10.2. The summed E-state index contributed by atoms with van der Waals surface area (Å²) in [6.07, 6.45) is 4.52. The van der Waals surface area contributed by atoms with Gasteiger partial charge in [0.15, 0.2) is 0 Å². The van der Waals surface area contributed by atoms with E-state index in [0.717, 1.165) is 56.2 Å². The van der Waals surface area contributed by atoms with Crippen LogP contribution in [0.4, 0.5) is 0 Å². The number of likely N-dealkylation sites (tertiary alicyclic amines) is 1. The zero-order chi connectivity index (χ0) is 18.8. The molecule has 1 amide bonds. The summed E-state index contributed by atoms with van der Waals surface area (Å²) in [5.41, 5.74) is 4.34. The second-order valence-corrected chi connectivity index (χ2v) is 8.16.